The van der Waals surface area contributed by atoms with Gasteiger partial charge in [0.1, 0.15) is 0 Å². The van der Waals surface area contributed by atoms with E-state index >= 15 is 0 Å². The van der Waals surface area contributed by atoms with Gasteiger partial charge in [0.15, 0.2) is 0 Å². The first-order valence-corrected chi connectivity index (χ1v) is 6.83. The molecule has 0 amide bonds. The Hall–Kier alpha value is -1.79. The zero-order valence-corrected chi connectivity index (χ0v) is 11.7. The number of benzene rings is 1. The first-order valence-electron chi connectivity index (χ1n) is 6.83. The Balaban J connectivity index is 2.24. The second-order valence-corrected chi connectivity index (χ2v) is 5.03. The van der Waals surface area contributed by atoms with Crippen LogP contribution in [0.25, 0.3) is 10.9 Å². The van der Waals surface area contributed by atoms with Crippen LogP contribution in [0, 0.1) is 12.3 Å². The third kappa shape index (κ3) is 3.36. The largest absolute Gasteiger partial charge is 0.309 e. The summed E-state index contributed by atoms with van der Waals surface area (Å²) in [5.74, 6) is 2.68. The van der Waals surface area contributed by atoms with Crippen LogP contribution < -0.4 is 5.32 Å². The van der Waals surface area contributed by atoms with Crippen molar-refractivity contribution in [2.75, 3.05) is 0 Å². The van der Waals surface area contributed by atoms with Crippen molar-refractivity contribution in [2.45, 2.75) is 45.8 Å². The number of aromatic nitrogens is 2. The smallest absolute Gasteiger partial charge is 0.0841 e. The topological polar surface area (TPSA) is 29.9 Å². The van der Waals surface area contributed by atoms with Gasteiger partial charge >= 0.3 is 0 Å². The molecule has 0 saturated heterocycles. The van der Waals surface area contributed by atoms with E-state index in [4.69, 9.17) is 11.5 Å². The molecule has 19 heavy (non-hydrogen) atoms. The molecule has 0 unspecified atom stereocenters. The van der Waals surface area contributed by atoms with Crippen LogP contribution in [-0.4, -0.2) is 15.8 Å². The van der Waals surface area contributed by atoms with Crippen LogP contribution in [0.15, 0.2) is 24.3 Å². The highest BCUT2D eigenvalue weighted by Gasteiger charge is 2.09. The number of unbranched alkanes of at least 4 members (excludes halogenated alkanes) is 1. The Morgan fingerprint density at radius 2 is 2.16 bits per heavy atom. The number of fused-ring (bicyclic) bond motifs is 1. The Bertz CT molecular complexity index is 575. The molecule has 3 nitrogen and oxygen atoms in total. The van der Waals surface area contributed by atoms with Crippen molar-refractivity contribution in [3.8, 4) is 12.3 Å². The van der Waals surface area contributed by atoms with Crippen LogP contribution >= 0.6 is 0 Å². The second-order valence-electron chi connectivity index (χ2n) is 5.03. The van der Waals surface area contributed by atoms with Crippen molar-refractivity contribution < 1.29 is 0 Å². The van der Waals surface area contributed by atoms with Gasteiger partial charge in [-0.3, -0.25) is 4.68 Å². The summed E-state index contributed by atoms with van der Waals surface area (Å²) in [5, 5.41) is 9.38. The predicted molar refractivity (Wildman–Crippen MR) is 79.8 cm³/mol. The lowest BCUT2D eigenvalue weighted by Gasteiger charge is -2.05. The van der Waals surface area contributed by atoms with E-state index < -0.39 is 0 Å². The molecular formula is C16H21N3. The summed E-state index contributed by atoms with van der Waals surface area (Å²) in [4.78, 5) is 0. The highest BCUT2D eigenvalue weighted by molar-refractivity contribution is 5.81. The fraction of sp³-hybridized carbons (Fsp3) is 0.438. The summed E-state index contributed by atoms with van der Waals surface area (Å²) in [6.45, 7) is 5.98. The predicted octanol–water partition coefficient (Wildman–Crippen LogP) is 2.95. The SMILES string of the molecule is C#CCCCn1nc(CNC(C)C)c2ccccc21. The van der Waals surface area contributed by atoms with E-state index in [-0.39, 0.29) is 0 Å². The summed E-state index contributed by atoms with van der Waals surface area (Å²) in [6, 6.07) is 8.84. The van der Waals surface area contributed by atoms with Gasteiger partial charge in [-0.15, -0.1) is 12.3 Å². The van der Waals surface area contributed by atoms with Gasteiger partial charge < -0.3 is 5.32 Å². The molecule has 0 spiro atoms. The average Bonchev–Trinajstić information content (AvgIpc) is 2.76. The standard InChI is InChI=1S/C16H21N3/c1-4-5-8-11-19-16-10-7-6-9-14(16)15(18-19)12-17-13(2)3/h1,6-7,9-10,13,17H,5,8,11-12H2,2-3H3. The van der Waals surface area contributed by atoms with Gasteiger partial charge in [0.2, 0.25) is 0 Å². The monoisotopic (exact) mass is 255 g/mol. The highest BCUT2D eigenvalue weighted by atomic mass is 15.3. The zero-order chi connectivity index (χ0) is 13.7. The van der Waals surface area contributed by atoms with Crippen LogP contribution in [0.4, 0.5) is 0 Å². The molecule has 3 heteroatoms. The number of nitrogens with one attached hydrogen (secondary N) is 1. The fourth-order valence-corrected chi connectivity index (χ4v) is 2.13. The first-order chi connectivity index (χ1) is 9.22. The molecule has 0 radical (unpaired) electrons. The van der Waals surface area contributed by atoms with Crippen LogP contribution in [0.3, 0.4) is 0 Å². The van der Waals surface area contributed by atoms with Crippen LogP contribution in [0.1, 0.15) is 32.4 Å². The van der Waals surface area contributed by atoms with Gasteiger partial charge in [0.05, 0.1) is 11.2 Å². The number of para-hydroxylation sites is 1. The lowest BCUT2D eigenvalue weighted by Crippen LogP contribution is -2.22. The van der Waals surface area contributed by atoms with Crippen LogP contribution in [-0.2, 0) is 13.1 Å². The molecule has 0 saturated carbocycles. The highest BCUT2D eigenvalue weighted by Crippen LogP contribution is 2.19. The van der Waals surface area contributed by atoms with Crippen LogP contribution in [0.2, 0.25) is 0 Å². The summed E-state index contributed by atoms with van der Waals surface area (Å²) < 4.78 is 2.07. The number of nitrogens with zero attached hydrogens (tertiary/aromatic N) is 2. The normalized spacial score (nSPS) is 11.1. The molecule has 100 valence electrons. The molecular weight excluding hydrogens is 234 g/mol. The molecule has 0 aliphatic heterocycles. The van der Waals surface area contributed by atoms with Gasteiger partial charge in [-0.1, -0.05) is 32.0 Å². The van der Waals surface area contributed by atoms with E-state index in [1.54, 1.807) is 0 Å². The number of aryl methyl sites for hydroxylation is 1. The number of rotatable bonds is 6. The first kappa shape index (κ1) is 13.6. The van der Waals surface area contributed by atoms with Gasteiger partial charge in [-0.2, -0.15) is 5.10 Å². The maximum atomic E-state index is 5.30. The zero-order valence-electron chi connectivity index (χ0n) is 11.7. The minimum atomic E-state index is 0.463. The lowest BCUT2D eigenvalue weighted by molar-refractivity contribution is 0.557. The van der Waals surface area contributed by atoms with Gasteiger partial charge in [0, 0.05) is 30.9 Å². The molecule has 1 heterocycles. The Kier molecular flexibility index (Phi) is 4.59. The van der Waals surface area contributed by atoms with Crippen LogP contribution in [0.5, 0.6) is 0 Å². The van der Waals surface area contributed by atoms with E-state index in [1.165, 1.54) is 10.9 Å². The average molecular weight is 255 g/mol. The lowest BCUT2D eigenvalue weighted by atomic mass is 10.2. The minimum Gasteiger partial charge on any atom is -0.309 e. The van der Waals surface area contributed by atoms with Crippen molar-refractivity contribution in [1.29, 1.82) is 0 Å². The van der Waals surface area contributed by atoms with E-state index in [2.05, 4.69) is 54.0 Å². The summed E-state index contributed by atoms with van der Waals surface area (Å²) in [6.07, 6.45) is 7.07. The Morgan fingerprint density at radius 1 is 1.37 bits per heavy atom. The molecule has 0 fully saturated rings. The maximum absolute atomic E-state index is 5.30. The van der Waals surface area contributed by atoms with E-state index in [9.17, 15) is 0 Å². The minimum absolute atomic E-state index is 0.463. The number of terminal acetylenes is 1. The van der Waals surface area contributed by atoms with E-state index in [0.717, 1.165) is 31.6 Å². The van der Waals surface area contributed by atoms with Gasteiger partial charge in [-0.05, 0) is 12.5 Å². The molecule has 1 aromatic heterocycles. The van der Waals surface area contributed by atoms with Crippen molar-refractivity contribution in [1.82, 2.24) is 15.1 Å². The van der Waals surface area contributed by atoms with Gasteiger partial charge in [0.25, 0.3) is 0 Å². The van der Waals surface area contributed by atoms with Crippen molar-refractivity contribution >= 4 is 10.9 Å². The fourth-order valence-electron chi connectivity index (χ4n) is 2.13. The van der Waals surface area contributed by atoms with E-state index in [1.807, 2.05) is 0 Å². The van der Waals surface area contributed by atoms with Crippen molar-refractivity contribution in [2.24, 2.45) is 0 Å². The van der Waals surface area contributed by atoms with Crippen molar-refractivity contribution in [3.05, 3.63) is 30.0 Å². The quantitative estimate of drug-likeness (QED) is 0.635. The molecule has 2 rings (SSSR count). The summed E-state index contributed by atoms with van der Waals surface area (Å²) >= 11 is 0. The Labute approximate surface area is 115 Å². The molecule has 1 N–H and O–H groups in total. The maximum Gasteiger partial charge on any atom is 0.0841 e. The number of hydrogen-bond donors (Lipinski definition) is 1. The summed E-state index contributed by atoms with van der Waals surface area (Å²) in [5.41, 5.74) is 2.31. The Morgan fingerprint density at radius 3 is 2.89 bits per heavy atom. The second kappa shape index (κ2) is 6.40. The number of hydrogen-bond acceptors (Lipinski definition) is 2. The molecule has 2 aromatic rings. The van der Waals surface area contributed by atoms with Crippen molar-refractivity contribution in [3.63, 3.8) is 0 Å². The van der Waals surface area contributed by atoms with E-state index in [0.29, 0.717) is 6.04 Å². The van der Waals surface area contributed by atoms with Gasteiger partial charge in [-0.25, -0.2) is 0 Å². The molecule has 0 atom stereocenters. The summed E-state index contributed by atoms with van der Waals surface area (Å²) in [7, 11) is 0. The molecule has 0 aliphatic carbocycles. The molecule has 0 aliphatic rings. The molecule has 1 aromatic carbocycles. The third-order valence-corrected chi connectivity index (χ3v) is 3.10. The third-order valence-electron chi connectivity index (χ3n) is 3.10. The molecule has 0 bridgehead atoms.